The first kappa shape index (κ1) is 26.2. The Bertz CT molecular complexity index is 700. The van der Waals surface area contributed by atoms with Crippen molar-refractivity contribution in [3.8, 4) is 5.75 Å². The van der Waals surface area contributed by atoms with Gasteiger partial charge < -0.3 is 34.3 Å². The second-order valence-electron chi connectivity index (χ2n) is 7.59. The van der Waals surface area contributed by atoms with Gasteiger partial charge in [-0.1, -0.05) is 0 Å². The Labute approximate surface area is 182 Å². The maximum atomic E-state index is 11.8. The van der Waals surface area contributed by atoms with Crippen LogP contribution < -0.4 is 10.1 Å². The molecule has 0 fully saturated rings. The fraction of sp³-hybridized carbons (Fsp3) is 0.571. The Morgan fingerprint density at radius 1 is 1.00 bits per heavy atom. The smallest absolute Gasteiger partial charge is 0.410 e. The number of hydrogen-bond acceptors (Lipinski definition) is 7. The zero-order valence-electron chi connectivity index (χ0n) is 18.5. The van der Waals surface area contributed by atoms with Gasteiger partial charge in [0.15, 0.2) is 6.61 Å². The quantitative estimate of drug-likeness (QED) is 0.445. The van der Waals surface area contributed by atoms with E-state index in [0.717, 1.165) is 0 Å². The first-order valence-electron chi connectivity index (χ1n) is 9.91. The Kier molecular flexibility index (Phi) is 11.4. The molecule has 31 heavy (non-hydrogen) atoms. The molecule has 0 radical (unpaired) electrons. The predicted molar refractivity (Wildman–Crippen MR) is 112 cm³/mol. The van der Waals surface area contributed by atoms with E-state index < -0.39 is 17.7 Å². The topological polar surface area (TPSA) is 124 Å². The molecule has 1 rings (SSSR count). The maximum Gasteiger partial charge on any atom is 0.410 e. The van der Waals surface area contributed by atoms with Gasteiger partial charge >= 0.3 is 12.1 Å². The largest absolute Gasteiger partial charge is 0.484 e. The Morgan fingerprint density at radius 3 is 2.19 bits per heavy atom. The molecule has 0 atom stereocenters. The van der Waals surface area contributed by atoms with Crippen molar-refractivity contribution in [2.45, 2.75) is 26.4 Å². The lowest BCUT2D eigenvalue weighted by molar-refractivity contribution is -0.123. The lowest BCUT2D eigenvalue weighted by Crippen LogP contribution is -2.36. The van der Waals surface area contributed by atoms with Gasteiger partial charge in [-0.25, -0.2) is 9.59 Å². The van der Waals surface area contributed by atoms with Crippen LogP contribution in [0.15, 0.2) is 24.3 Å². The first-order chi connectivity index (χ1) is 14.6. The minimum absolute atomic E-state index is 0.146. The normalized spacial score (nSPS) is 11.0. The van der Waals surface area contributed by atoms with E-state index in [4.69, 9.17) is 24.1 Å². The molecular weight excluding hydrogens is 408 g/mol. The molecule has 1 aromatic rings. The molecule has 174 valence electrons. The van der Waals surface area contributed by atoms with Crippen molar-refractivity contribution in [3.05, 3.63) is 29.8 Å². The molecule has 0 heterocycles. The second kappa shape index (κ2) is 13.5. The third kappa shape index (κ3) is 12.4. The summed E-state index contributed by atoms with van der Waals surface area (Å²) in [5, 5.41) is 11.5. The van der Waals surface area contributed by atoms with E-state index in [-0.39, 0.29) is 18.1 Å². The van der Waals surface area contributed by atoms with Crippen LogP contribution in [0.4, 0.5) is 4.79 Å². The highest BCUT2D eigenvalue weighted by molar-refractivity contribution is 5.87. The molecule has 1 aromatic carbocycles. The SMILES string of the molecule is CN(CCOCCOCCNC(=O)COc1ccc(C(=O)O)cc1)C(=O)OC(C)(C)C. The van der Waals surface area contributed by atoms with Gasteiger partial charge in [-0.3, -0.25) is 4.79 Å². The molecule has 0 aliphatic rings. The zero-order valence-corrected chi connectivity index (χ0v) is 18.5. The number of benzene rings is 1. The number of rotatable bonds is 13. The summed E-state index contributed by atoms with van der Waals surface area (Å²) in [6, 6.07) is 5.79. The van der Waals surface area contributed by atoms with Crippen LogP contribution in [-0.4, -0.2) is 86.7 Å². The molecule has 0 bridgehead atoms. The van der Waals surface area contributed by atoms with Crippen LogP contribution in [-0.2, 0) is 19.0 Å². The van der Waals surface area contributed by atoms with Crippen molar-refractivity contribution in [1.82, 2.24) is 10.2 Å². The van der Waals surface area contributed by atoms with Crippen LogP contribution in [0, 0.1) is 0 Å². The summed E-state index contributed by atoms with van der Waals surface area (Å²) in [6.45, 7) is 7.38. The van der Waals surface area contributed by atoms with Gasteiger partial charge in [0.05, 0.1) is 32.0 Å². The Hall–Kier alpha value is -2.85. The van der Waals surface area contributed by atoms with Crippen molar-refractivity contribution in [3.63, 3.8) is 0 Å². The summed E-state index contributed by atoms with van der Waals surface area (Å²) in [6.07, 6.45) is -0.399. The van der Waals surface area contributed by atoms with Crippen LogP contribution >= 0.6 is 0 Å². The average molecular weight is 440 g/mol. The summed E-state index contributed by atoms with van der Waals surface area (Å²) in [5.41, 5.74) is -0.386. The Morgan fingerprint density at radius 2 is 1.61 bits per heavy atom. The number of carbonyl (C=O) groups excluding carboxylic acids is 2. The summed E-state index contributed by atoms with van der Waals surface area (Å²) >= 11 is 0. The van der Waals surface area contributed by atoms with Crippen molar-refractivity contribution >= 4 is 18.0 Å². The highest BCUT2D eigenvalue weighted by Crippen LogP contribution is 2.12. The monoisotopic (exact) mass is 440 g/mol. The summed E-state index contributed by atoms with van der Waals surface area (Å²) < 4.78 is 21.3. The third-order valence-corrected chi connectivity index (χ3v) is 3.69. The summed E-state index contributed by atoms with van der Waals surface area (Å²) in [4.78, 5) is 35.7. The zero-order chi connectivity index (χ0) is 23.3. The fourth-order valence-corrected chi connectivity index (χ4v) is 2.11. The third-order valence-electron chi connectivity index (χ3n) is 3.69. The molecule has 0 saturated carbocycles. The number of ether oxygens (including phenoxy) is 4. The van der Waals surface area contributed by atoms with Crippen LogP contribution in [0.3, 0.4) is 0 Å². The standard InChI is InChI=1S/C21H32N2O8/c1-21(2,3)31-20(27)23(4)10-12-29-14-13-28-11-9-22-18(24)15-30-17-7-5-16(6-8-17)19(25)26/h5-8H,9-15H2,1-4H3,(H,22,24)(H,25,26). The molecule has 10 heteroatoms. The summed E-state index contributed by atoms with van der Waals surface area (Å²) in [7, 11) is 1.64. The Balaban J connectivity index is 2.00. The van der Waals surface area contributed by atoms with Gasteiger partial charge in [0.2, 0.25) is 0 Å². The number of likely N-dealkylation sites (N-methyl/N-ethyl adjacent to an activating group) is 1. The van der Waals surface area contributed by atoms with Crippen molar-refractivity contribution < 1.29 is 38.4 Å². The van der Waals surface area contributed by atoms with E-state index in [1.807, 2.05) is 20.8 Å². The molecule has 2 N–H and O–H groups in total. The molecule has 10 nitrogen and oxygen atoms in total. The number of carboxylic acids is 1. The molecule has 0 spiro atoms. The number of aromatic carboxylic acids is 1. The predicted octanol–water partition coefficient (Wildman–Crippen LogP) is 1.78. The lowest BCUT2D eigenvalue weighted by Gasteiger charge is -2.24. The van der Waals surface area contributed by atoms with Gasteiger partial charge in [0.1, 0.15) is 11.4 Å². The van der Waals surface area contributed by atoms with E-state index >= 15 is 0 Å². The lowest BCUT2D eigenvalue weighted by atomic mass is 10.2. The highest BCUT2D eigenvalue weighted by Gasteiger charge is 2.19. The molecule has 0 aromatic heterocycles. The molecule has 0 unspecified atom stereocenters. The molecular formula is C21H32N2O8. The van der Waals surface area contributed by atoms with Crippen molar-refractivity contribution in [2.24, 2.45) is 0 Å². The highest BCUT2D eigenvalue weighted by atomic mass is 16.6. The van der Waals surface area contributed by atoms with E-state index in [1.54, 1.807) is 7.05 Å². The molecule has 2 amide bonds. The molecule has 0 aliphatic carbocycles. The van der Waals surface area contributed by atoms with Crippen LogP contribution in [0.2, 0.25) is 0 Å². The van der Waals surface area contributed by atoms with Crippen molar-refractivity contribution in [1.29, 1.82) is 0 Å². The number of hydrogen-bond donors (Lipinski definition) is 2. The van der Waals surface area contributed by atoms with Crippen molar-refractivity contribution in [2.75, 3.05) is 53.2 Å². The van der Waals surface area contributed by atoms with Gasteiger partial charge in [0, 0.05) is 20.1 Å². The van der Waals surface area contributed by atoms with Gasteiger partial charge in [0.25, 0.3) is 5.91 Å². The van der Waals surface area contributed by atoms with Crippen LogP contribution in [0.5, 0.6) is 5.75 Å². The van der Waals surface area contributed by atoms with E-state index in [1.165, 1.54) is 29.2 Å². The number of carbonyl (C=O) groups is 3. The molecule has 0 saturated heterocycles. The number of nitrogens with one attached hydrogen (secondary N) is 1. The number of carboxylic acid groups (broad SMARTS) is 1. The maximum absolute atomic E-state index is 11.8. The second-order valence-corrected chi connectivity index (χ2v) is 7.59. The number of nitrogens with zero attached hydrogens (tertiary/aromatic N) is 1. The van der Waals surface area contributed by atoms with E-state index in [2.05, 4.69) is 5.32 Å². The molecule has 0 aliphatic heterocycles. The average Bonchev–Trinajstić information content (AvgIpc) is 2.69. The minimum Gasteiger partial charge on any atom is -0.484 e. The summed E-state index contributed by atoms with van der Waals surface area (Å²) in [5.74, 6) is -0.930. The van der Waals surface area contributed by atoms with E-state index in [0.29, 0.717) is 45.3 Å². The van der Waals surface area contributed by atoms with Gasteiger partial charge in [-0.15, -0.1) is 0 Å². The fourth-order valence-electron chi connectivity index (χ4n) is 2.11. The first-order valence-corrected chi connectivity index (χ1v) is 9.91. The number of amides is 2. The van der Waals surface area contributed by atoms with E-state index in [9.17, 15) is 14.4 Å². The minimum atomic E-state index is -1.03. The van der Waals surface area contributed by atoms with Crippen LogP contribution in [0.1, 0.15) is 31.1 Å². The van der Waals surface area contributed by atoms with Gasteiger partial charge in [-0.2, -0.15) is 0 Å². The van der Waals surface area contributed by atoms with Gasteiger partial charge in [-0.05, 0) is 45.0 Å². The van der Waals surface area contributed by atoms with Crippen LogP contribution in [0.25, 0.3) is 0 Å².